The Kier molecular flexibility index (Phi) is 5.77. The zero-order valence-electron chi connectivity index (χ0n) is 13.8. The number of hydrogen-bond acceptors (Lipinski definition) is 2. The van der Waals surface area contributed by atoms with Crippen molar-refractivity contribution < 1.29 is 4.39 Å². The summed E-state index contributed by atoms with van der Waals surface area (Å²) in [6.45, 7) is 11.9. The number of aryl methyl sites for hydroxylation is 1. The van der Waals surface area contributed by atoms with E-state index in [0.29, 0.717) is 12.1 Å². The fourth-order valence-corrected chi connectivity index (χ4v) is 3.31. The van der Waals surface area contributed by atoms with Crippen LogP contribution in [0.15, 0.2) is 18.2 Å². The zero-order valence-corrected chi connectivity index (χ0v) is 13.8. The molecule has 2 nitrogen and oxygen atoms in total. The Balaban J connectivity index is 2.06. The lowest BCUT2D eigenvalue weighted by Crippen LogP contribution is -2.56. The Labute approximate surface area is 128 Å². The van der Waals surface area contributed by atoms with Crippen molar-refractivity contribution in [2.75, 3.05) is 13.1 Å². The van der Waals surface area contributed by atoms with Crippen LogP contribution in [0.4, 0.5) is 4.39 Å². The van der Waals surface area contributed by atoms with Crippen LogP contribution in [0.25, 0.3) is 0 Å². The summed E-state index contributed by atoms with van der Waals surface area (Å²) in [6, 6.07) is 6.32. The van der Waals surface area contributed by atoms with Crippen molar-refractivity contribution in [3.05, 3.63) is 35.1 Å². The maximum absolute atomic E-state index is 13.3. The van der Waals surface area contributed by atoms with E-state index in [1.165, 1.54) is 12.0 Å². The summed E-state index contributed by atoms with van der Waals surface area (Å²) < 4.78 is 13.3. The van der Waals surface area contributed by atoms with E-state index in [1.807, 2.05) is 13.0 Å². The largest absolute Gasteiger partial charge is 0.311 e. The van der Waals surface area contributed by atoms with Gasteiger partial charge in [0.05, 0.1) is 0 Å². The first-order chi connectivity index (χ1) is 9.99. The monoisotopic (exact) mass is 292 g/mol. The fraction of sp³-hybridized carbons (Fsp3) is 0.667. The van der Waals surface area contributed by atoms with Crippen LogP contribution in [0.1, 0.15) is 44.7 Å². The third-order valence-electron chi connectivity index (χ3n) is 4.52. The van der Waals surface area contributed by atoms with Gasteiger partial charge in [-0.1, -0.05) is 26.8 Å². The quantitative estimate of drug-likeness (QED) is 0.889. The lowest BCUT2D eigenvalue weighted by molar-refractivity contribution is 0.111. The van der Waals surface area contributed by atoms with Gasteiger partial charge in [-0.3, -0.25) is 4.90 Å². The number of nitrogens with one attached hydrogen (secondary N) is 1. The van der Waals surface area contributed by atoms with Crippen LogP contribution >= 0.6 is 0 Å². The topological polar surface area (TPSA) is 15.3 Å². The molecular weight excluding hydrogens is 263 g/mol. The van der Waals surface area contributed by atoms with Crippen LogP contribution in [0.2, 0.25) is 0 Å². The molecule has 2 rings (SSSR count). The molecule has 0 spiro atoms. The molecule has 0 aliphatic carbocycles. The van der Waals surface area contributed by atoms with Gasteiger partial charge in [-0.15, -0.1) is 0 Å². The van der Waals surface area contributed by atoms with Crippen LogP contribution in [-0.4, -0.2) is 30.1 Å². The molecule has 2 unspecified atom stereocenters. The second-order valence-corrected chi connectivity index (χ2v) is 6.80. The SMILES string of the molecule is CCC1CNC(CC(C)C)CN1Cc1ccc(F)cc1C. The molecule has 1 saturated heterocycles. The molecule has 1 N–H and O–H groups in total. The minimum Gasteiger partial charge on any atom is -0.311 e. The minimum absolute atomic E-state index is 0.138. The van der Waals surface area contributed by atoms with Crippen LogP contribution < -0.4 is 5.32 Å². The van der Waals surface area contributed by atoms with E-state index < -0.39 is 0 Å². The highest BCUT2D eigenvalue weighted by molar-refractivity contribution is 5.26. The molecule has 1 aliphatic rings. The molecule has 2 atom stereocenters. The summed E-state index contributed by atoms with van der Waals surface area (Å²) in [5.41, 5.74) is 2.31. The molecule has 0 bridgehead atoms. The first kappa shape index (κ1) is 16.4. The molecule has 1 heterocycles. The van der Waals surface area contributed by atoms with Gasteiger partial charge in [-0.2, -0.15) is 0 Å². The van der Waals surface area contributed by atoms with Crippen LogP contribution in [0.3, 0.4) is 0 Å². The number of rotatable bonds is 5. The molecule has 1 fully saturated rings. The Bertz CT molecular complexity index is 459. The molecule has 0 saturated carbocycles. The summed E-state index contributed by atoms with van der Waals surface area (Å²) in [5.74, 6) is 0.580. The van der Waals surface area contributed by atoms with E-state index in [1.54, 1.807) is 12.1 Å². The van der Waals surface area contributed by atoms with Crippen molar-refractivity contribution in [3.8, 4) is 0 Å². The van der Waals surface area contributed by atoms with E-state index in [-0.39, 0.29) is 5.82 Å². The number of piperazine rings is 1. The van der Waals surface area contributed by atoms with Gasteiger partial charge in [-0.25, -0.2) is 4.39 Å². The van der Waals surface area contributed by atoms with Gasteiger partial charge in [0.1, 0.15) is 5.82 Å². The van der Waals surface area contributed by atoms with E-state index >= 15 is 0 Å². The van der Waals surface area contributed by atoms with Crippen molar-refractivity contribution in [1.82, 2.24) is 10.2 Å². The van der Waals surface area contributed by atoms with Crippen molar-refractivity contribution >= 4 is 0 Å². The molecule has 118 valence electrons. The number of nitrogens with zero attached hydrogens (tertiary/aromatic N) is 1. The molecule has 1 aromatic carbocycles. The van der Waals surface area contributed by atoms with Gasteiger partial charge >= 0.3 is 0 Å². The van der Waals surface area contributed by atoms with Crippen molar-refractivity contribution in [2.24, 2.45) is 5.92 Å². The Morgan fingerprint density at radius 2 is 2.14 bits per heavy atom. The van der Waals surface area contributed by atoms with E-state index in [0.717, 1.165) is 37.5 Å². The third kappa shape index (κ3) is 4.52. The van der Waals surface area contributed by atoms with Gasteiger partial charge in [0, 0.05) is 31.7 Å². The Hall–Kier alpha value is -0.930. The molecule has 3 heteroatoms. The summed E-state index contributed by atoms with van der Waals surface area (Å²) in [4.78, 5) is 2.57. The Morgan fingerprint density at radius 1 is 1.38 bits per heavy atom. The second-order valence-electron chi connectivity index (χ2n) is 6.80. The summed E-state index contributed by atoms with van der Waals surface area (Å²) in [6.07, 6.45) is 2.37. The van der Waals surface area contributed by atoms with Gasteiger partial charge in [-0.05, 0) is 48.9 Å². The average Bonchev–Trinajstić information content (AvgIpc) is 2.41. The smallest absolute Gasteiger partial charge is 0.123 e. The van der Waals surface area contributed by atoms with Crippen molar-refractivity contribution in [2.45, 2.75) is 59.2 Å². The highest BCUT2D eigenvalue weighted by atomic mass is 19.1. The highest BCUT2D eigenvalue weighted by Crippen LogP contribution is 2.20. The van der Waals surface area contributed by atoms with Crippen LogP contribution in [0, 0.1) is 18.7 Å². The highest BCUT2D eigenvalue weighted by Gasteiger charge is 2.27. The normalized spacial score (nSPS) is 23.7. The predicted octanol–water partition coefficient (Wildman–Crippen LogP) is 3.73. The van der Waals surface area contributed by atoms with E-state index in [9.17, 15) is 4.39 Å². The molecule has 0 radical (unpaired) electrons. The maximum Gasteiger partial charge on any atom is 0.123 e. The first-order valence-corrected chi connectivity index (χ1v) is 8.22. The second kappa shape index (κ2) is 7.37. The van der Waals surface area contributed by atoms with Gasteiger partial charge < -0.3 is 5.32 Å². The fourth-order valence-electron chi connectivity index (χ4n) is 3.31. The lowest BCUT2D eigenvalue weighted by Gasteiger charge is -2.41. The summed E-state index contributed by atoms with van der Waals surface area (Å²) in [7, 11) is 0. The van der Waals surface area contributed by atoms with Gasteiger partial charge in [0.25, 0.3) is 0 Å². The van der Waals surface area contributed by atoms with Gasteiger partial charge in [0.2, 0.25) is 0 Å². The maximum atomic E-state index is 13.3. The lowest BCUT2D eigenvalue weighted by atomic mass is 9.98. The predicted molar refractivity (Wildman–Crippen MR) is 86.9 cm³/mol. The van der Waals surface area contributed by atoms with Crippen molar-refractivity contribution in [1.29, 1.82) is 0 Å². The number of hydrogen-bond donors (Lipinski definition) is 1. The van der Waals surface area contributed by atoms with E-state index in [4.69, 9.17) is 0 Å². The molecular formula is C18H29FN2. The molecule has 0 amide bonds. The van der Waals surface area contributed by atoms with Gasteiger partial charge in [0.15, 0.2) is 0 Å². The van der Waals surface area contributed by atoms with Crippen LogP contribution in [0.5, 0.6) is 0 Å². The summed E-state index contributed by atoms with van der Waals surface area (Å²) >= 11 is 0. The molecule has 1 aromatic rings. The van der Waals surface area contributed by atoms with Crippen LogP contribution in [-0.2, 0) is 6.54 Å². The molecule has 0 aromatic heterocycles. The number of benzene rings is 1. The Morgan fingerprint density at radius 3 is 2.76 bits per heavy atom. The number of halogens is 1. The van der Waals surface area contributed by atoms with E-state index in [2.05, 4.69) is 31.0 Å². The molecule has 1 aliphatic heterocycles. The minimum atomic E-state index is -0.138. The van der Waals surface area contributed by atoms with Crippen molar-refractivity contribution in [3.63, 3.8) is 0 Å². The molecule has 21 heavy (non-hydrogen) atoms. The zero-order chi connectivity index (χ0) is 15.4. The third-order valence-corrected chi connectivity index (χ3v) is 4.52. The summed E-state index contributed by atoms with van der Waals surface area (Å²) in [5, 5.41) is 3.69. The average molecular weight is 292 g/mol. The first-order valence-electron chi connectivity index (χ1n) is 8.22. The standard InChI is InChI=1S/C18H29FN2/c1-5-18-10-20-17(8-13(2)3)12-21(18)11-15-6-7-16(19)9-14(15)4/h6-7,9,13,17-18,20H,5,8,10-12H2,1-4H3.